The number of nitrogens with zero attached hydrogens (tertiary/aromatic N) is 4. The van der Waals surface area contributed by atoms with E-state index in [1.165, 1.54) is 0 Å². The van der Waals surface area contributed by atoms with Gasteiger partial charge in [0.1, 0.15) is 11.6 Å². The maximum absolute atomic E-state index is 11.8. The smallest absolute Gasteiger partial charge is 0.227 e. The molecule has 6 nitrogen and oxygen atoms in total. The van der Waals surface area contributed by atoms with Gasteiger partial charge in [-0.1, -0.05) is 26.0 Å². The molecule has 1 amide bonds. The monoisotopic (exact) mass is 349 g/mol. The van der Waals surface area contributed by atoms with Crippen LogP contribution in [0.25, 0.3) is 0 Å². The van der Waals surface area contributed by atoms with Crippen molar-refractivity contribution < 1.29 is 4.79 Å². The van der Waals surface area contributed by atoms with Crippen molar-refractivity contribution >= 4 is 17.4 Å². The molecule has 1 aromatic carbocycles. The standard InChI is InChI=1S/C20H23N5O/c1-3-16-17(12-21)20(24-23-18(16)4-2)22-13-14-7-9-15(10-8-14)25-11-5-6-19(25)26/h7-10H,3-6,11,13H2,1-2H3,(H,22,24). The number of hydrogen-bond acceptors (Lipinski definition) is 5. The maximum Gasteiger partial charge on any atom is 0.227 e. The number of benzene rings is 1. The molecule has 2 heterocycles. The van der Waals surface area contributed by atoms with Gasteiger partial charge in [0.25, 0.3) is 0 Å². The minimum atomic E-state index is 0.188. The van der Waals surface area contributed by atoms with E-state index in [0.29, 0.717) is 24.3 Å². The molecule has 0 aliphatic carbocycles. The molecule has 1 fully saturated rings. The second kappa shape index (κ2) is 7.96. The molecule has 0 spiro atoms. The van der Waals surface area contributed by atoms with Crippen LogP contribution in [0.15, 0.2) is 24.3 Å². The first-order valence-electron chi connectivity index (χ1n) is 9.09. The number of nitriles is 1. The van der Waals surface area contributed by atoms with E-state index in [-0.39, 0.29) is 5.91 Å². The molecule has 1 N–H and O–H groups in total. The van der Waals surface area contributed by atoms with Crippen molar-refractivity contribution in [1.82, 2.24) is 10.2 Å². The predicted molar refractivity (Wildman–Crippen MR) is 101 cm³/mol. The SMILES string of the molecule is CCc1nnc(NCc2ccc(N3CCCC3=O)cc2)c(C#N)c1CC. The van der Waals surface area contributed by atoms with Crippen LogP contribution < -0.4 is 10.2 Å². The van der Waals surface area contributed by atoms with Crippen LogP contribution in [0.5, 0.6) is 0 Å². The number of carbonyl (C=O) groups is 1. The summed E-state index contributed by atoms with van der Waals surface area (Å²) in [5, 5.41) is 21.2. The topological polar surface area (TPSA) is 81.9 Å². The van der Waals surface area contributed by atoms with Crippen molar-refractivity contribution in [3.63, 3.8) is 0 Å². The highest BCUT2D eigenvalue weighted by atomic mass is 16.2. The van der Waals surface area contributed by atoms with Gasteiger partial charge in [-0.05, 0) is 42.5 Å². The fourth-order valence-corrected chi connectivity index (χ4v) is 3.32. The highest BCUT2D eigenvalue weighted by Crippen LogP contribution is 2.23. The molecule has 3 rings (SSSR count). The average molecular weight is 349 g/mol. The zero-order valence-corrected chi connectivity index (χ0v) is 15.2. The largest absolute Gasteiger partial charge is 0.363 e. The summed E-state index contributed by atoms with van der Waals surface area (Å²) in [5.74, 6) is 0.716. The molecular weight excluding hydrogens is 326 g/mol. The van der Waals surface area contributed by atoms with Crippen molar-refractivity contribution in [2.75, 3.05) is 16.8 Å². The molecule has 26 heavy (non-hydrogen) atoms. The quantitative estimate of drug-likeness (QED) is 0.866. The first-order chi connectivity index (χ1) is 12.7. The third-order valence-electron chi connectivity index (χ3n) is 4.74. The molecule has 2 aromatic rings. The Morgan fingerprint density at radius 1 is 1.19 bits per heavy atom. The predicted octanol–water partition coefficient (Wildman–Crippen LogP) is 3.21. The zero-order chi connectivity index (χ0) is 18.5. The van der Waals surface area contributed by atoms with Gasteiger partial charge < -0.3 is 10.2 Å². The van der Waals surface area contributed by atoms with Gasteiger partial charge in [0, 0.05) is 25.2 Å². The minimum Gasteiger partial charge on any atom is -0.363 e. The van der Waals surface area contributed by atoms with E-state index >= 15 is 0 Å². The summed E-state index contributed by atoms with van der Waals surface area (Å²) >= 11 is 0. The fourth-order valence-electron chi connectivity index (χ4n) is 3.32. The number of rotatable bonds is 6. The Morgan fingerprint density at radius 2 is 1.96 bits per heavy atom. The van der Waals surface area contributed by atoms with Crippen LogP contribution in [-0.2, 0) is 24.2 Å². The molecule has 6 heteroatoms. The van der Waals surface area contributed by atoms with Gasteiger partial charge in [-0.15, -0.1) is 5.10 Å². The van der Waals surface area contributed by atoms with Gasteiger partial charge >= 0.3 is 0 Å². The van der Waals surface area contributed by atoms with Gasteiger partial charge in [0.05, 0.1) is 5.69 Å². The van der Waals surface area contributed by atoms with Crippen molar-refractivity contribution in [3.8, 4) is 6.07 Å². The summed E-state index contributed by atoms with van der Waals surface area (Å²) in [4.78, 5) is 13.6. The van der Waals surface area contributed by atoms with Gasteiger partial charge in [0.15, 0.2) is 5.82 Å². The van der Waals surface area contributed by atoms with E-state index in [1.807, 2.05) is 43.0 Å². The highest BCUT2D eigenvalue weighted by molar-refractivity contribution is 5.95. The molecule has 134 valence electrons. The van der Waals surface area contributed by atoms with Crippen LogP contribution in [0.1, 0.15) is 49.1 Å². The molecule has 0 radical (unpaired) electrons. The van der Waals surface area contributed by atoms with E-state index < -0.39 is 0 Å². The van der Waals surface area contributed by atoms with Crippen molar-refractivity contribution in [2.45, 2.75) is 46.1 Å². The number of hydrogen-bond donors (Lipinski definition) is 1. The number of anilines is 2. The average Bonchev–Trinajstić information content (AvgIpc) is 3.11. The molecular formula is C20H23N5O. The molecule has 0 unspecified atom stereocenters. The Balaban J connectivity index is 1.73. The summed E-state index contributed by atoms with van der Waals surface area (Å²) in [5.41, 5.74) is 4.43. The Kier molecular flexibility index (Phi) is 5.47. The Hall–Kier alpha value is -2.94. The van der Waals surface area contributed by atoms with Crippen LogP contribution in [0.3, 0.4) is 0 Å². The molecule has 0 saturated carbocycles. The second-order valence-electron chi connectivity index (χ2n) is 6.34. The first-order valence-corrected chi connectivity index (χ1v) is 9.09. The number of aromatic nitrogens is 2. The summed E-state index contributed by atoms with van der Waals surface area (Å²) in [6.07, 6.45) is 3.08. The summed E-state index contributed by atoms with van der Waals surface area (Å²) in [6, 6.07) is 10.2. The van der Waals surface area contributed by atoms with Crippen LogP contribution in [0.4, 0.5) is 11.5 Å². The number of nitrogens with one attached hydrogen (secondary N) is 1. The molecule has 1 aliphatic heterocycles. The summed E-state index contributed by atoms with van der Waals surface area (Å²) < 4.78 is 0. The highest BCUT2D eigenvalue weighted by Gasteiger charge is 2.21. The number of aryl methyl sites for hydroxylation is 1. The zero-order valence-electron chi connectivity index (χ0n) is 15.2. The van der Waals surface area contributed by atoms with Gasteiger partial charge in [-0.2, -0.15) is 10.4 Å². The first kappa shape index (κ1) is 17.9. The summed E-state index contributed by atoms with van der Waals surface area (Å²) in [6.45, 7) is 5.39. The van der Waals surface area contributed by atoms with Crippen LogP contribution in [0.2, 0.25) is 0 Å². The Bertz CT molecular complexity index is 839. The van der Waals surface area contributed by atoms with Crippen molar-refractivity contribution in [3.05, 3.63) is 46.6 Å². The van der Waals surface area contributed by atoms with Crippen LogP contribution in [0, 0.1) is 11.3 Å². The van der Waals surface area contributed by atoms with E-state index in [0.717, 1.165) is 48.3 Å². The lowest BCUT2D eigenvalue weighted by atomic mass is 10.0. The fraction of sp³-hybridized carbons (Fsp3) is 0.400. The van der Waals surface area contributed by atoms with Gasteiger partial charge in [-0.3, -0.25) is 4.79 Å². The van der Waals surface area contributed by atoms with E-state index in [4.69, 9.17) is 0 Å². The number of amides is 1. The van der Waals surface area contributed by atoms with Gasteiger partial charge in [-0.25, -0.2) is 0 Å². The van der Waals surface area contributed by atoms with Crippen molar-refractivity contribution in [1.29, 1.82) is 5.26 Å². The van der Waals surface area contributed by atoms with Crippen LogP contribution in [-0.4, -0.2) is 22.6 Å². The van der Waals surface area contributed by atoms with Crippen molar-refractivity contribution in [2.24, 2.45) is 0 Å². The van der Waals surface area contributed by atoms with Gasteiger partial charge in [0.2, 0.25) is 5.91 Å². The molecule has 1 aromatic heterocycles. The third-order valence-corrected chi connectivity index (χ3v) is 4.74. The van der Waals surface area contributed by atoms with E-state index in [2.05, 4.69) is 21.6 Å². The lowest BCUT2D eigenvalue weighted by molar-refractivity contribution is -0.117. The third kappa shape index (κ3) is 3.52. The molecule has 1 aliphatic rings. The minimum absolute atomic E-state index is 0.188. The number of carbonyl (C=O) groups excluding carboxylic acids is 1. The Morgan fingerprint density at radius 3 is 2.54 bits per heavy atom. The lowest BCUT2D eigenvalue weighted by Crippen LogP contribution is -2.23. The molecule has 1 saturated heterocycles. The van der Waals surface area contributed by atoms with Crippen LogP contribution >= 0.6 is 0 Å². The van der Waals surface area contributed by atoms with E-state index in [1.54, 1.807) is 0 Å². The summed E-state index contributed by atoms with van der Waals surface area (Å²) in [7, 11) is 0. The van der Waals surface area contributed by atoms with E-state index in [9.17, 15) is 10.1 Å². The Labute approximate surface area is 153 Å². The lowest BCUT2D eigenvalue weighted by Gasteiger charge is -2.16. The second-order valence-corrected chi connectivity index (χ2v) is 6.34. The maximum atomic E-state index is 11.8. The molecule has 0 bridgehead atoms. The molecule has 0 atom stereocenters. The normalized spacial score (nSPS) is 13.7.